The SMILES string of the molecule is CS(=O)(=O)CCCc1ncc2c3c([nH]c2n1)CCC(C(N)=O)C3. The Hall–Kier alpha value is -1.96. The van der Waals surface area contributed by atoms with E-state index in [1.54, 1.807) is 6.20 Å². The normalized spacial score (nSPS) is 18.0. The van der Waals surface area contributed by atoms with Crippen molar-refractivity contribution < 1.29 is 13.2 Å². The molecule has 0 fully saturated rings. The first-order chi connectivity index (χ1) is 10.8. The highest BCUT2D eigenvalue weighted by atomic mass is 32.2. The number of sulfone groups is 1. The average Bonchev–Trinajstić information content (AvgIpc) is 2.82. The number of rotatable bonds is 5. The minimum atomic E-state index is -2.96. The van der Waals surface area contributed by atoms with Crippen molar-refractivity contribution in [3.05, 3.63) is 23.3 Å². The molecule has 0 spiro atoms. The smallest absolute Gasteiger partial charge is 0.220 e. The van der Waals surface area contributed by atoms with Crippen molar-refractivity contribution in [1.82, 2.24) is 15.0 Å². The van der Waals surface area contributed by atoms with E-state index in [-0.39, 0.29) is 17.6 Å². The van der Waals surface area contributed by atoms with Gasteiger partial charge in [-0.3, -0.25) is 4.79 Å². The molecular formula is C15H20N4O3S. The number of nitrogens with one attached hydrogen (secondary N) is 1. The molecule has 0 aliphatic heterocycles. The van der Waals surface area contributed by atoms with Gasteiger partial charge in [-0.15, -0.1) is 0 Å². The molecule has 0 bridgehead atoms. The summed E-state index contributed by atoms with van der Waals surface area (Å²) >= 11 is 0. The van der Waals surface area contributed by atoms with Crippen molar-refractivity contribution in [3.8, 4) is 0 Å². The maximum Gasteiger partial charge on any atom is 0.220 e. The lowest BCUT2D eigenvalue weighted by Gasteiger charge is -2.19. The summed E-state index contributed by atoms with van der Waals surface area (Å²) in [6, 6.07) is 0. The molecule has 3 rings (SSSR count). The maximum atomic E-state index is 11.4. The average molecular weight is 336 g/mol. The summed E-state index contributed by atoms with van der Waals surface area (Å²) in [6.07, 6.45) is 6.18. The summed E-state index contributed by atoms with van der Waals surface area (Å²) in [7, 11) is -2.96. The highest BCUT2D eigenvalue weighted by Gasteiger charge is 2.26. The summed E-state index contributed by atoms with van der Waals surface area (Å²) in [5.74, 6) is 0.376. The van der Waals surface area contributed by atoms with Gasteiger partial charge >= 0.3 is 0 Å². The molecule has 1 aliphatic carbocycles. The first-order valence-electron chi connectivity index (χ1n) is 7.66. The van der Waals surface area contributed by atoms with Crippen molar-refractivity contribution in [2.75, 3.05) is 12.0 Å². The molecule has 2 aromatic rings. The summed E-state index contributed by atoms with van der Waals surface area (Å²) in [4.78, 5) is 23.5. The van der Waals surface area contributed by atoms with Crippen molar-refractivity contribution in [3.63, 3.8) is 0 Å². The van der Waals surface area contributed by atoms with Gasteiger partial charge in [-0.05, 0) is 31.2 Å². The molecule has 1 aliphatic rings. The Morgan fingerprint density at radius 1 is 1.48 bits per heavy atom. The van der Waals surface area contributed by atoms with Crippen LogP contribution in [0, 0.1) is 5.92 Å². The summed E-state index contributed by atoms with van der Waals surface area (Å²) in [5, 5.41) is 0.929. The fraction of sp³-hybridized carbons (Fsp3) is 0.533. The molecule has 2 heterocycles. The Morgan fingerprint density at radius 3 is 2.96 bits per heavy atom. The zero-order valence-electron chi connectivity index (χ0n) is 13.0. The number of amides is 1. The van der Waals surface area contributed by atoms with E-state index >= 15 is 0 Å². The lowest BCUT2D eigenvalue weighted by Crippen LogP contribution is -2.28. The van der Waals surface area contributed by atoms with Gasteiger partial charge < -0.3 is 10.7 Å². The van der Waals surface area contributed by atoms with Gasteiger partial charge in [-0.25, -0.2) is 18.4 Å². The van der Waals surface area contributed by atoms with Crippen molar-refractivity contribution in [1.29, 1.82) is 0 Å². The van der Waals surface area contributed by atoms with Gasteiger partial charge in [-0.2, -0.15) is 0 Å². The Bertz CT molecular complexity index is 857. The predicted molar refractivity (Wildman–Crippen MR) is 86.6 cm³/mol. The first-order valence-corrected chi connectivity index (χ1v) is 9.72. The van der Waals surface area contributed by atoms with E-state index in [1.807, 2.05) is 0 Å². The number of aromatic amines is 1. The molecule has 1 atom stereocenters. The van der Waals surface area contributed by atoms with E-state index in [0.29, 0.717) is 25.1 Å². The van der Waals surface area contributed by atoms with Crippen LogP contribution >= 0.6 is 0 Å². The van der Waals surface area contributed by atoms with Gasteiger partial charge in [0.2, 0.25) is 5.91 Å². The fourth-order valence-electron chi connectivity index (χ4n) is 3.08. The Labute approximate surface area is 134 Å². The summed E-state index contributed by atoms with van der Waals surface area (Å²) in [6.45, 7) is 0. The number of primary amides is 1. The van der Waals surface area contributed by atoms with E-state index in [1.165, 1.54) is 6.26 Å². The highest BCUT2D eigenvalue weighted by molar-refractivity contribution is 7.90. The second-order valence-electron chi connectivity index (χ2n) is 6.21. The number of hydrogen-bond donors (Lipinski definition) is 2. The van der Waals surface area contributed by atoms with Gasteiger partial charge in [0.05, 0.1) is 5.75 Å². The third kappa shape index (κ3) is 3.52. The van der Waals surface area contributed by atoms with Gasteiger partial charge in [-0.1, -0.05) is 0 Å². The van der Waals surface area contributed by atoms with Crippen LogP contribution in [0.1, 0.15) is 29.9 Å². The number of aromatic nitrogens is 3. The van der Waals surface area contributed by atoms with Crippen molar-refractivity contribution >= 4 is 26.8 Å². The molecule has 124 valence electrons. The molecule has 0 aromatic carbocycles. The lowest BCUT2D eigenvalue weighted by molar-refractivity contribution is -0.122. The molecule has 2 aromatic heterocycles. The Morgan fingerprint density at radius 2 is 2.26 bits per heavy atom. The number of fused-ring (bicyclic) bond motifs is 3. The van der Waals surface area contributed by atoms with Crippen molar-refractivity contribution in [2.45, 2.75) is 32.1 Å². The molecule has 0 saturated carbocycles. The third-order valence-electron chi connectivity index (χ3n) is 4.31. The molecule has 1 unspecified atom stereocenters. The number of hydrogen-bond acceptors (Lipinski definition) is 5. The molecule has 0 saturated heterocycles. The highest BCUT2D eigenvalue weighted by Crippen LogP contribution is 2.30. The number of aryl methyl sites for hydroxylation is 2. The van der Waals surface area contributed by atoms with Crippen LogP contribution < -0.4 is 5.73 Å². The Balaban J connectivity index is 1.81. The van der Waals surface area contributed by atoms with E-state index in [4.69, 9.17) is 5.73 Å². The van der Waals surface area contributed by atoms with E-state index in [0.717, 1.165) is 35.1 Å². The van der Waals surface area contributed by atoms with E-state index in [9.17, 15) is 13.2 Å². The minimum absolute atomic E-state index is 0.129. The third-order valence-corrected chi connectivity index (χ3v) is 5.34. The van der Waals surface area contributed by atoms with Crippen molar-refractivity contribution in [2.24, 2.45) is 11.7 Å². The number of H-pyrrole nitrogens is 1. The molecular weight excluding hydrogens is 316 g/mol. The molecule has 7 nitrogen and oxygen atoms in total. The minimum Gasteiger partial charge on any atom is -0.369 e. The number of carbonyl (C=O) groups is 1. The van der Waals surface area contributed by atoms with Crippen LogP contribution in [0.15, 0.2) is 6.20 Å². The van der Waals surface area contributed by atoms with Gasteiger partial charge in [0, 0.05) is 35.9 Å². The van der Waals surface area contributed by atoms with Crippen LogP contribution in [-0.2, 0) is 33.9 Å². The summed E-state index contributed by atoms with van der Waals surface area (Å²) in [5.41, 5.74) is 8.35. The van der Waals surface area contributed by atoms with Gasteiger partial charge in [0.15, 0.2) is 0 Å². The standard InChI is InChI=1S/C15H20N4O3S/c1-23(21,22)6-2-3-13-17-8-11-10-7-9(14(16)20)4-5-12(10)18-15(11)19-13/h8-9H,2-7H2,1H3,(H2,16,20)(H,17,18,19). The van der Waals surface area contributed by atoms with Crippen LogP contribution in [0.25, 0.3) is 11.0 Å². The fourth-order valence-corrected chi connectivity index (χ4v) is 3.75. The molecule has 1 amide bonds. The largest absolute Gasteiger partial charge is 0.369 e. The second-order valence-corrected chi connectivity index (χ2v) is 8.47. The zero-order chi connectivity index (χ0) is 16.6. The molecule has 3 N–H and O–H groups in total. The number of carbonyl (C=O) groups excluding carboxylic acids is 1. The quantitative estimate of drug-likeness (QED) is 0.825. The van der Waals surface area contributed by atoms with Crippen LogP contribution in [0.3, 0.4) is 0 Å². The van der Waals surface area contributed by atoms with Gasteiger partial charge in [0.25, 0.3) is 0 Å². The van der Waals surface area contributed by atoms with Gasteiger partial charge in [0.1, 0.15) is 21.3 Å². The van der Waals surface area contributed by atoms with Crippen LogP contribution in [0.2, 0.25) is 0 Å². The van der Waals surface area contributed by atoms with Crippen LogP contribution in [0.5, 0.6) is 0 Å². The van der Waals surface area contributed by atoms with E-state index in [2.05, 4.69) is 15.0 Å². The Kier molecular flexibility index (Phi) is 4.09. The topological polar surface area (TPSA) is 119 Å². The monoisotopic (exact) mass is 336 g/mol. The van der Waals surface area contributed by atoms with E-state index < -0.39 is 9.84 Å². The first kappa shape index (κ1) is 15.9. The predicted octanol–water partition coefficient (Wildman–Crippen LogP) is 0.525. The zero-order valence-corrected chi connectivity index (χ0v) is 13.8. The number of nitrogens with zero attached hydrogens (tertiary/aromatic N) is 2. The molecule has 8 heteroatoms. The maximum absolute atomic E-state index is 11.4. The number of nitrogens with two attached hydrogens (primary N) is 1. The molecule has 23 heavy (non-hydrogen) atoms. The van der Waals surface area contributed by atoms with Crippen LogP contribution in [-0.4, -0.2) is 41.3 Å². The summed E-state index contributed by atoms with van der Waals surface area (Å²) < 4.78 is 22.3. The lowest BCUT2D eigenvalue weighted by atomic mass is 9.86. The second kappa shape index (κ2) is 5.92. The van der Waals surface area contributed by atoms with Crippen LogP contribution in [0.4, 0.5) is 0 Å². The molecule has 0 radical (unpaired) electrons.